The monoisotopic (exact) mass is 367 g/mol. The molecule has 1 heterocycles. The molecular weight excluding hydrogens is 338 g/mol. The lowest BCUT2D eigenvalue weighted by atomic mass is 9.85. The van der Waals surface area contributed by atoms with Crippen LogP contribution in [0.15, 0.2) is 54.6 Å². The summed E-state index contributed by atoms with van der Waals surface area (Å²) in [4.78, 5) is 17.1. The van der Waals surface area contributed by atoms with Gasteiger partial charge in [0, 0.05) is 39.4 Å². The fraction of sp³-hybridized carbons (Fsp3) is 0.409. The minimum atomic E-state index is -0.546. The number of rotatable bonds is 6. The van der Waals surface area contributed by atoms with Gasteiger partial charge in [0.25, 0.3) is 0 Å². The first-order chi connectivity index (χ1) is 13.0. The lowest BCUT2D eigenvalue weighted by Gasteiger charge is -2.43. The van der Waals surface area contributed by atoms with Crippen molar-refractivity contribution in [2.75, 3.05) is 39.6 Å². The number of methoxy groups -OCH3 is 1. The van der Waals surface area contributed by atoms with Gasteiger partial charge in [-0.1, -0.05) is 30.3 Å². The third-order valence-corrected chi connectivity index (χ3v) is 5.22. The molecule has 144 valence electrons. The molecule has 1 fully saturated rings. The molecule has 1 amide bonds. The minimum absolute atomic E-state index is 0.146. The van der Waals surface area contributed by atoms with Gasteiger partial charge in [-0.05, 0) is 42.7 Å². The number of hydrogen-bond acceptors (Lipinski definition) is 4. The molecule has 5 heteroatoms. The fourth-order valence-corrected chi connectivity index (χ4v) is 3.74. The van der Waals surface area contributed by atoms with Gasteiger partial charge in [0.15, 0.2) is 0 Å². The number of nitrogens with one attached hydrogen (secondary N) is 1. The highest BCUT2D eigenvalue weighted by atomic mass is 16.5. The van der Waals surface area contributed by atoms with Crippen LogP contribution in [0, 0.1) is 0 Å². The maximum absolute atomic E-state index is 13.0. The van der Waals surface area contributed by atoms with Gasteiger partial charge in [0.05, 0.1) is 7.11 Å². The van der Waals surface area contributed by atoms with E-state index in [4.69, 9.17) is 4.74 Å². The Bertz CT molecular complexity index is 753. The number of carbonyl (C=O) groups is 1. The summed E-state index contributed by atoms with van der Waals surface area (Å²) in [5.41, 5.74) is 1.68. The maximum Gasteiger partial charge on any atom is 0.247 e. The number of carbonyl (C=O) groups excluding carboxylic acids is 1. The second-order valence-corrected chi connectivity index (χ2v) is 7.40. The fourth-order valence-electron chi connectivity index (χ4n) is 3.74. The molecule has 0 aromatic heterocycles. The minimum Gasteiger partial charge on any atom is -0.497 e. The van der Waals surface area contributed by atoms with Crippen LogP contribution in [0.4, 0.5) is 5.69 Å². The zero-order chi connectivity index (χ0) is 19.3. The summed E-state index contributed by atoms with van der Waals surface area (Å²) in [6, 6.07) is 18.2. The molecule has 0 aliphatic carbocycles. The van der Waals surface area contributed by atoms with E-state index in [1.54, 1.807) is 12.0 Å². The van der Waals surface area contributed by atoms with Crippen LogP contribution < -0.4 is 10.1 Å². The average Bonchev–Trinajstić information content (AvgIpc) is 2.70. The third kappa shape index (κ3) is 4.61. The van der Waals surface area contributed by atoms with Crippen LogP contribution in [0.3, 0.4) is 0 Å². The van der Waals surface area contributed by atoms with E-state index in [-0.39, 0.29) is 5.91 Å². The first-order valence-electron chi connectivity index (χ1n) is 9.43. The predicted octanol–water partition coefficient (Wildman–Crippen LogP) is 3.23. The largest absolute Gasteiger partial charge is 0.497 e. The van der Waals surface area contributed by atoms with Gasteiger partial charge in [0.1, 0.15) is 11.3 Å². The van der Waals surface area contributed by atoms with Gasteiger partial charge in [-0.25, -0.2) is 0 Å². The topological polar surface area (TPSA) is 44.8 Å². The molecule has 0 unspecified atom stereocenters. The number of hydrogen-bond donors (Lipinski definition) is 1. The van der Waals surface area contributed by atoms with E-state index in [2.05, 4.69) is 22.3 Å². The summed E-state index contributed by atoms with van der Waals surface area (Å²) in [5, 5.41) is 3.54. The molecule has 0 atom stereocenters. The summed E-state index contributed by atoms with van der Waals surface area (Å²) in [6.45, 7) is 2.61. The molecule has 27 heavy (non-hydrogen) atoms. The van der Waals surface area contributed by atoms with E-state index in [1.807, 2.05) is 56.6 Å². The molecule has 2 aromatic rings. The number of nitrogens with zero attached hydrogens (tertiary/aromatic N) is 2. The Morgan fingerprint density at radius 3 is 2.44 bits per heavy atom. The van der Waals surface area contributed by atoms with Crippen LogP contribution in [0.2, 0.25) is 0 Å². The second-order valence-electron chi connectivity index (χ2n) is 7.40. The van der Waals surface area contributed by atoms with E-state index < -0.39 is 5.54 Å². The number of likely N-dealkylation sites (N-methyl/N-ethyl adjacent to an activating group) is 1. The predicted molar refractivity (Wildman–Crippen MR) is 109 cm³/mol. The van der Waals surface area contributed by atoms with E-state index >= 15 is 0 Å². The Hall–Kier alpha value is -2.53. The van der Waals surface area contributed by atoms with Crippen molar-refractivity contribution in [2.45, 2.75) is 24.9 Å². The number of benzene rings is 2. The summed E-state index contributed by atoms with van der Waals surface area (Å²) in [7, 11) is 5.36. The van der Waals surface area contributed by atoms with Crippen molar-refractivity contribution in [3.8, 4) is 5.75 Å². The zero-order valence-corrected chi connectivity index (χ0v) is 16.4. The first kappa shape index (κ1) is 19.2. The van der Waals surface area contributed by atoms with Gasteiger partial charge in [-0.15, -0.1) is 0 Å². The Kier molecular flexibility index (Phi) is 6.01. The van der Waals surface area contributed by atoms with Crippen molar-refractivity contribution < 1.29 is 9.53 Å². The summed E-state index contributed by atoms with van der Waals surface area (Å²) in [5.74, 6) is 1.03. The molecular formula is C22H29N3O2. The maximum atomic E-state index is 13.0. The highest BCUT2D eigenvalue weighted by molar-refractivity contribution is 5.89. The molecule has 1 saturated heterocycles. The molecule has 0 spiro atoms. The van der Waals surface area contributed by atoms with Crippen molar-refractivity contribution in [3.63, 3.8) is 0 Å². The summed E-state index contributed by atoms with van der Waals surface area (Å²) >= 11 is 0. The third-order valence-electron chi connectivity index (χ3n) is 5.22. The average molecular weight is 367 g/mol. The number of para-hydroxylation sites is 1. The van der Waals surface area contributed by atoms with Crippen molar-refractivity contribution in [3.05, 3.63) is 60.2 Å². The quantitative estimate of drug-likeness (QED) is 0.851. The smallest absolute Gasteiger partial charge is 0.247 e. The Morgan fingerprint density at radius 1 is 1.11 bits per heavy atom. The summed E-state index contributed by atoms with van der Waals surface area (Å²) in [6.07, 6.45) is 1.56. The Balaban J connectivity index is 1.70. The summed E-state index contributed by atoms with van der Waals surface area (Å²) < 4.78 is 5.32. The van der Waals surface area contributed by atoms with E-state index in [9.17, 15) is 4.79 Å². The lowest BCUT2D eigenvalue weighted by molar-refractivity contribution is -0.135. The van der Waals surface area contributed by atoms with Crippen LogP contribution >= 0.6 is 0 Å². The first-order valence-corrected chi connectivity index (χ1v) is 9.43. The Morgan fingerprint density at radius 2 is 1.81 bits per heavy atom. The second kappa shape index (κ2) is 8.44. The van der Waals surface area contributed by atoms with Crippen LogP contribution in [0.25, 0.3) is 0 Å². The highest BCUT2D eigenvalue weighted by Crippen LogP contribution is 2.30. The Labute approximate surface area is 161 Å². The number of ether oxygens (including phenoxy) is 1. The van der Waals surface area contributed by atoms with Crippen molar-refractivity contribution in [2.24, 2.45) is 0 Å². The van der Waals surface area contributed by atoms with Crippen molar-refractivity contribution >= 4 is 11.6 Å². The van der Waals surface area contributed by atoms with E-state index in [1.165, 1.54) is 5.56 Å². The molecule has 0 bridgehead atoms. The molecule has 2 aromatic carbocycles. The standard InChI is InChI=1S/C22H29N3O2/c1-24(2)21(26)22(23-19-9-5-4-6-10-19)12-14-25(15-13-22)17-18-8-7-11-20(16-18)27-3/h4-11,16,23H,12-15,17H2,1-3H3. The van der Waals surface area contributed by atoms with Gasteiger partial charge in [-0.3, -0.25) is 9.69 Å². The molecule has 0 radical (unpaired) electrons. The lowest BCUT2D eigenvalue weighted by Crippen LogP contribution is -2.57. The van der Waals surface area contributed by atoms with Gasteiger partial charge in [-0.2, -0.15) is 0 Å². The zero-order valence-electron chi connectivity index (χ0n) is 16.4. The molecule has 5 nitrogen and oxygen atoms in total. The normalized spacial score (nSPS) is 16.6. The van der Waals surface area contributed by atoms with Crippen LogP contribution in [0.5, 0.6) is 5.75 Å². The van der Waals surface area contributed by atoms with Gasteiger partial charge >= 0.3 is 0 Å². The number of likely N-dealkylation sites (tertiary alicyclic amines) is 1. The number of anilines is 1. The highest BCUT2D eigenvalue weighted by Gasteiger charge is 2.42. The van der Waals surface area contributed by atoms with Gasteiger partial charge < -0.3 is 15.0 Å². The molecule has 1 aliphatic heterocycles. The van der Waals surface area contributed by atoms with Crippen molar-refractivity contribution in [1.29, 1.82) is 0 Å². The number of piperidine rings is 1. The van der Waals surface area contributed by atoms with Gasteiger partial charge in [0.2, 0.25) is 5.91 Å². The number of amides is 1. The van der Waals surface area contributed by atoms with E-state index in [0.29, 0.717) is 0 Å². The SMILES string of the molecule is COc1cccc(CN2CCC(Nc3ccccc3)(C(=O)N(C)C)CC2)c1. The molecule has 1 aliphatic rings. The van der Waals surface area contributed by atoms with Crippen LogP contribution in [-0.2, 0) is 11.3 Å². The van der Waals surface area contributed by atoms with Crippen LogP contribution in [0.1, 0.15) is 18.4 Å². The molecule has 1 N–H and O–H groups in total. The molecule has 3 rings (SSSR count). The van der Waals surface area contributed by atoms with Crippen LogP contribution in [-0.4, -0.2) is 55.5 Å². The molecule has 0 saturated carbocycles. The van der Waals surface area contributed by atoms with E-state index in [0.717, 1.165) is 43.9 Å². The van der Waals surface area contributed by atoms with Crippen molar-refractivity contribution in [1.82, 2.24) is 9.80 Å².